The Morgan fingerprint density at radius 3 is 2.41 bits per heavy atom. The molecule has 0 fully saturated rings. The summed E-state index contributed by atoms with van der Waals surface area (Å²) in [6.45, 7) is 5.12. The van der Waals surface area contributed by atoms with Gasteiger partial charge in [0.2, 0.25) is 11.7 Å². The maximum atomic E-state index is 12.4. The van der Waals surface area contributed by atoms with Crippen LogP contribution in [-0.4, -0.2) is 22.0 Å². The van der Waals surface area contributed by atoms with Crippen LogP contribution in [0.4, 0.5) is 0 Å². The number of rotatable bonds is 5. The molecule has 0 bridgehead atoms. The minimum absolute atomic E-state index is 0.0431. The van der Waals surface area contributed by atoms with Gasteiger partial charge in [-0.25, -0.2) is 0 Å². The Kier molecular flexibility index (Phi) is 5.20. The first kappa shape index (κ1) is 18.2. The van der Waals surface area contributed by atoms with E-state index in [4.69, 9.17) is 13.7 Å². The number of aryl methyl sites for hydroxylation is 3. The number of hydrogen-bond acceptors (Lipinski definition) is 7. The number of ether oxygens (including phenoxy) is 1. The van der Waals surface area contributed by atoms with Crippen LogP contribution in [0.5, 0.6) is 5.75 Å². The first-order valence-electron chi connectivity index (χ1n) is 8.13. The molecule has 2 heterocycles. The van der Waals surface area contributed by atoms with E-state index in [1.165, 1.54) is 0 Å². The highest BCUT2D eigenvalue weighted by molar-refractivity contribution is 6.00. The summed E-state index contributed by atoms with van der Waals surface area (Å²) in [5, 5.41) is 3.73. The third kappa shape index (κ3) is 4.32. The van der Waals surface area contributed by atoms with Gasteiger partial charge in [0.1, 0.15) is 17.3 Å². The second-order valence-corrected chi connectivity index (χ2v) is 5.75. The average molecular weight is 370 g/mol. The van der Waals surface area contributed by atoms with Crippen molar-refractivity contribution in [3.05, 3.63) is 64.7 Å². The Hall–Kier alpha value is -3.62. The van der Waals surface area contributed by atoms with Gasteiger partial charge in [0.25, 0.3) is 11.8 Å². The molecule has 0 saturated carbocycles. The number of nitrogens with zero attached hydrogens (tertiary/aromatic N) is 2. The van der Waals surface area contributed by atoms with E-state index >= 15 is 0 Å². The topological polar surface area (TPSA) is 119 Å². The number of amides is 2. The third-order valence-corrected chi connectivity index (χ3v) is 3.63. The molecule has 0 saturated heterocycles. The van der Waals surface area contributed by atoms with E-state index in [0.29, 0.717) is 34.5 Å². The molecule has 2 aromatic heterocycles. The normalized spacial score (nSPS) is 10.5. The highest BCUT2D eigenvalue weighted by Gasteiger charge is 2.17. The molecule has 0 unspecified atom stereocenters. The van der Waals surface area contributed by atoms with Gasteiger partial charge in [0.05, 0.1) is 11.1 Å². The largest absolute Gasteiger partial charge is 0.485 e. The zero-order valence-corrected chi connectivity index (χ0v) is 15.0. The van der Waals surface area contributed by atoms with Gasteiger partial charge >= 0.3 is 0 Å². The molecule has 0 atom stereocenters. The minimum atomic E-state index is -0.527. The van der Waals surface area contributed by atoms with E-state index in [1.54, 1.807) is 51.1 Å². The van der Waals surface area contributed by atoms with Crippen LogP contribution in [0.3, 0.4) is 0 Å². The Balaban J connectivity index is 1.64. The van der Waals surface area contributed by atoms with Crippen LogP contribution in [0.15, 0.2) is 39.3 Å². The number of para-hydroxylation sites is 1. The van der Waals surface area contributed by atoms with Gasteiger partial charge in [-0.1, -0.05) is 17.3 Å². The van der Waals surface area contributed by atoms with Crippen molar-refractivity contribution >= 4 is 11.8 Å². The molecule has 9 heteroatoms. The van der Waals surface area contributed by atoms with E-state index < -0.39 is 11.8 Å². The molecule has 2 amide bonds. The zero-order valence-electron chi connectivity index (χ0n) is 15.0. The fraction of sp³-hybridized carbons (Fsp3) is 0.222. The molecular weight excluding hydrogens is 352 g/mol. The highest BCUT2D eigenvalue weighted by Crippen LogP contribution is 2.19. The first-order valence-corrected chi connectivity index (χ1v) is 8.13. The number of carbonyl (C=O) groups excluding carboxylic acids is 2. The Morgan fingerprint density at radius 2 is 1.78 bits per heavy atom. The summed E-state index contributed by atoms with van der Waals surface area (Å²) in [6.07, 6.45) is 0. The fourth-order valence-electron chi connectivity index (χ4n) is 2.43. The standard InChI is InChI=1S/C18H18N4O5/c1-10-8-14(11(2)26-10)18(24)21-20-17(23)13-6-4-5-7-15(13)25-9-16-19-12(3)27-22-16/h4-8H,9H2,1-3H3,(H,20,23)(H,21,24). The molecule has 9 nitrogen and oxygen atoms in total. The quantitative estimate of drug-likeness (QED) is 0.661. The summed E-state index contributed by atoms with van der Waals surface area (Å²) in [5.74, 6) is 1.19. The minimum Gasteiger partial charge on any atom is -0.485 e. The van der Waals surface area contributed by atoms with Gasteiger partial charge < -0.3 is 13.7 Å². The molecule has 0 aliphatic rings. The molecule has 0 spiro atoms. The predicted octanol–water partition coefficient (Wildman–Crippen LogP) is 2.24. The van der Waals surface area contributed by atoms with E-state index in [0.717, 1.165) is 0 Å². The van der Waals surface area contributed by atoms with E-state index in [2.05, 4.69) is 21.0 Å². The molecule has 0 radical (unpaired) electrons. The van der Waals surface area contributed by atoms with Crippen LogP contribution in [0.2, 0.25) is 0 Å². The molecule has 0 aliphatic heterocycles. The summed E-state index contributed by atoms with van der Waals surface area (Å²) in [7, 11) is 0. The van der Waals surface area contributed by atoms with Gasteiger partial charge in [-0.15, -0.1) is 0 Å². The van der Waals surface area contributed by atoms with Gasteiger partial charge in [-0.2, -0.15) is 4.98 Å². The number of nitrogens with one attached hydrogen (secondary N) is 2. The van der Waals surface area contributed by atoms with Crippen molar-refractivity contribution in [2.75, 3.05) is 0 Å². The summed E-state index contributed by atoms with van der Waals surface area (Å²) in [5.41, 5.74) is 5.33. The van der Waals surface area contributed by atoms with Crippen LogP contribution in [0, 0.1) is 20.8 Å². The van der Waals surface area contributed by atoms with Crippen molar-refractivity contribution in [2.24, 2.45) is 0 Å². The lowest BCUT2D eigenvalue weighted by Gasteiger charge is -2.11. The Bertz CT molecular complexity index is 976. The van der Waals surface area contributed by atoms with Crippen LogP contribution >= 0.6 is 0 Å². The maximum Gasteiger partial charge on any atom is 0.273 e. The summed E-state index contributed by atoms with van der Waals surface area (Å²) >= 11 is 0. The molecule has 3 aromatic rings. The number of hydrazine groups is 1. The number of hydrogen-bond donors (Lipinski definition) is 2. The highest BCUT2D eigenvalue weighted by atomic mass is 16.5. The Morgan fingerprint density at radius 1 is 1.07 bits per heavy atom. The van der Waals surface area contributed by atoms with Gasteiger partial charge in [0.15, 0.2) is 6.61 Å². The monoisotopic (exact) mass is 370 g/mol. The van der Waals surface area contributed by atoms with Gasteiger partial charge in [-0.3, -0.25) is 20.4 Å². The van der Waals surface area contributed by atoms with Crippen molar-refractivity contribution in [3.8, 4) is 5.75 Å². The summed E-state index contributed by atoms with van der Waals surface area (Å²) in [4.78, 5) is 28.6. The molecular formula is C18H18N4O5. The van der Waals surface area contributed by atoms with Crippen LogP contribution in [0.25, 0.3) is 0 Å². The van der Waals surface area contributed by atoms with E-state index in [1.807, 2.05) is 0 Å². The second-order valence-electron chi connectivity index (χ2n) is 5.75. The SMILES string of the molecule is Cc1cc(C(=O)NNC(=O)c2ccccc2OCc2noc(C)n2)c(C)o1. The fourth-order valence-corrected chi connectivity index (χ4v) is 2.43. The molecule has 27 heavy (non-hydrogen) atoms. The van der Waals surface area contributed by atoms with E-state index in [-0.39, 0.29) is 12.2 Å². The lowest BCUT2D eigenvalue weighted by Crippen LogP contribution is -2.41. The van der Waals surface area contributed by atoms with Gasteiger partial charge in [-0.05, 0) is 32.0 Å². The molecule has 140 valence electrons. The van der Waals surface area contributed by atoms with Crippen LogP contribution in [-0.2, 0) is 6.61 Å². The summed E-state index contributed by atoms with van der Waals surface area (Å²) in [6, 6.07) is 8.22. The van der Waals surface area contributed by atoms with Crippen molar-refractivity contribution in [3.63, 3.8) is 0 Å². The zero-order chi connectivity index (χ0) is 19.4. The molecule has 3 rings (SSSR count). The predicted molar refractivity (Wildman–Crippen MR) is 92.9 cm³/mol. The summed E-state index contributed by atoms with van der Waals surface area (Å²) < 4.78 is 15.8. The maximum absolute atomic E-state index is 12.4. The second kappa shape index (κ2) is 7.73. The van der Waals surface area contributed by atoms with Crippen LogP contribution < -0.4 is 15.6 Å². The lowest BCUT2D eigenvalue weighted by molar-refractivity contribution is 0.0843. The van der Waals surface area contributed by atoms with Crippen LogP contribution in [0.1, 0.15) is 44.0 Å². The average Bonchev–Trinajstić information content (AvgIpc) is 3.22. The van der Waals surface area contributed by atoms with Crippen molar-refractivity contribution in [1.82, 2.24) is 21.0 Å². The lowest BCUT2D eigenvalue weighted by atomic mass is 10.2. The van der Waals surface area contributed by atoms with E-state index in [9.17, 15) is 9.59 Å². The first-order chi connectivity index (χ1) is 12.9. The van der Waals surface area contributed by atoms with Crippen molar-refractivity contribution < 1.29 is 23.3 Å². The number of aromatic nitrogens is 2. The third-order valence-electron chi connectivity index (χ3n) is 3.63. The van der Waals surface area contributed by atoms with Crippen molar-refractivity contribution in [2.45, 2.75) is 27.4 Å². The van der Waals surface area contributed by atoms with Crippen molar-refractivity contribution in [1.29, 1.82) is 0 Å². The van der Waals surface area contributed by atoms with Gasteiger partial charge in [0, 0.05) is 6.92 Å². The Labute approximate surface area is 154 Å². The number of furan rings is 1. The smallest absolute Gasteiger partial charge is 0.273 e. The number of carbonyl (C=O) groups is 2. The molecule has 1 aromatic carbocycles. The molecule has 0 aliphatic carbocycles. The molecule has 2 N–H and O–H groups in total. The number of benzene rings is 1.